The summed E-state index contributed by atoms with van der Waals surface area (Å²) >= 11 is 1.36. The first kappa shape index (κ1) is 9.86. The van der Waals surface area contributed by atoms with Crippen LogP contribution in [0.5, 0.6) is 0 Å². The number of aromatic nitrogens is 1. The van der Waals surface area contributed by atoms with Gasteiger partial charge < -0.3 is 5.11 Å². The molecule has 15 heavy (non-hydrogen) atoms. The van der Waals surface area contributed by atoms with Gasteiger partial charge in [-0.3, -0.25) is 9.78 Å². The van der Waals surface area contributed by atoms with E-state index in [9.17, 15) is 9.90 Å². The molecule has 3 nitrogen and oxygen atoms in total. The molecule has 0 bridgehead atoms. The predicted molar refractivity (Wildman–Crippen MR) is 58.0 cm³/mol. The van der Waals surface area contributed by atoms with Crippen LogP contribution in [0.2, 0.25) is 0 Å². The van der Waals surface area contributed by atoms with Crippen LogP contribution in [0.4, 0.5) is 0 Å². The second-order valence-corrected chi connectivity index (χ2v) is 4.00. The van der Waals surface area contributed by atoms with Crippen LogP contribution in [0.15, 0.2) is 42.0 Å². The van der Waals surface area contributed by atoms with Crippen molar-refractivity contribution < 1.29 is 9.90 Å². The Hall–Kier alpha value is -1.68. The van der Waals surface area contributed by atoms with E-state index in [1.165, 1.54) is 11.3 Å². The lowest BCUT2D eigenvalue weighted by molar-refractivity contribution is -0.137. The van der Waals surface area contributed by atoms with E-state index < -0.39 is 11.9 Å². The maximum Gasteiger partial charge on any atom is 0.316 e. The third-order valence-electron chi connectivity index (χ3n) is 2.12. The molecule has 76 valence electrons. The molecule has 0 fully saturated rings. The third kappa shape index (κ3) is 2.05. The van der Waals surface area contributed by atoms with Crippen LogP contribution in [-0.2, 0) is 4.79 Å². The SMILES string of the molecule is O=C(O)C(c1ccccc1)c1cncs1. The molecule has 2 aromatic rings. The number of aliphatic carboxylic acids is 1. The molecule has 1 aromatic carbocycles. The Balaban J connectivity index is 2.42. The first-order valence-electron chi connectivity index (χ1n) is 4.45. The van der Waals surface area contributed by atoms with Gasteiger partial charge in [-0.25, -0.2) is 0 Å². The molecule has 1 atom stereocenters. The number of carbonyl (C=O) groups is 1. The molecule has 2 rings (SSSR count). The molecular formula is C11H9NO2S. The minimum atomic E-state index is -0.842. The van der Waals surface area contributed by atoms with Crippen molar-refractivity contribution >= 4 is 17.3 Å². The van der Waals surface area contributed by atoms with Gasteiger partial charge in [-0.1, -0.05) is 30.3 Å². The largest absolute Gasteiger partial charge is 0.481 e. The number of carboxylic acids is 1. The summed E-state index contributed by atoms with van der Waals surface area (Å²) in [5.74, 6) is -1.44. The number of nitrogens with zero attached hydrogens (tertiary/aromatic N) is 1. The molecule has 0 saturated carbocycles. The molecule has 0 aliphatic heterocycles. The lowest BCUT2D eigenvalue weighted by atomic mass is 9.98. The van der Waals surface area contributed by atoms with E-state index in [-0.39, 0.29) is 0 Å². The molecular weight excluding hydrogens is 210 g/mol. The molecule has 0 aliphatic rings. The lowest BCUT2D eigenvalue weighted by Crippen LogP contribution is -2.11. The van der Waals surface area contributed by atoms with Gasteiger partial charge in [0.15, 0.2) is 0 Å². The summed E-state index contributed by atoms with van der Waals surface area (Å²) in [6, 6.07) is 9.19. The zero-order valence-corrected chi connectivity index (χ0v) is 8.65. The fourth-order valence-electron chi connectivity index (χ4n) is 1.44. The van der Waals surface area contributed by atoms with Gasteiger partial charge in [0.1, 0.15) is 5.92 Å². The lowest BCUT2D eigenvalue weighted by Gasteiger charge is -2.09. The fourth-order valence-corrected chi connectivity index (χ4v) is 2.18. The number of hydrogen-bond donors (Lipinski definition) is 1. The zero-order valence-electron chi connectivity index (χ0n) is 7.83. The van der Waals surface area contributed by atoms with Gasteiger partial charge >= 0.3 is 5.97 Å². The Kier molecular flexibility index (Phi) is 2.78. The number of hydrogen-bond acceptors (Lipinski definition) is 3. The first-order chi connectivity index (χ1) is 7.29. The van der Waals surface area contributed by atoms with Gasteiger partial charge in [-0.05, 0) is 5.56 Å². The normalized spacial score (nSPS) is 12.3. The number of rotatable bonds is 3. The maximum absolute atomic E-state index is 11.2. The highest BCUT2D eigenvalue weighted by molar-refractivity contribution is 7.09. The van der Waals surface area contributed by atoms with E-state index in [2.05, 4.69) is 4.98 Å². The van der Waals surface area contributed by atoms with Crippen molar-refractivity contribution in [3.8, 4) is 0 Å². The summed E-state index contributed by atoms with van der Waals surface area (Å²) in [6.07, 6.45) is 1.61. The van der Waals surface area contributed by atoms with Crippen LogP contribution in [0, 0.1) is 0 Å². The van der Waals surface area contributed by atoms with Crippen molar-refractivity contribution in [2.45, 2.75) is 5.92 Å². The summed E-state index contributed by atoms with van der Waals surface area (Å²) in [4.78, 5) is 15.8. The molecule has 4 heteroatoms. The van der Waals surface area contributed by atoms with Gasteiger partial charge in [-0.15, -0.1) is 11.3 Å². The third-order valence-corrected chi connectivity index (χ3v) is 2.96. The minimum absolute atomic E-state index is 0.598. The van der Waals surface area contributed by atoms with Crippen LogP contribution >= 0.6 is 11.3 Å². The van der Waals surface area contributed by atoms with Crippen molar-refractivity contribution in [1.82, 2.24) is 4.98 Å². The van der Waals surface area contributed by atoms with Crippen molar-refractivity contribution in [3.63, 3.8) is 0 Å². The van der Waals surface area contributed by atoms with Crippen LogP contribution in [0.1, 0.15) is 16.4 Å². The van der Waals surface area contributed by atoms with E-state index in [4.69, 9.17) is 0 Å². The second-order valence-electron chi connectivity index (χ2n) is 3.09. The van der Waals surface area contributed by atoms with Gasteiger partial charge in [0.05, 0.1) is 5.51 Å². The fraction of sp³-hybridized carbons (Fsp3) is 0.0909. The Labute approximate surface area is 91.0 Å². The Morgan fingerprint density at radius 2 is 2.07 bits per heavy atom. The monoisotopic (exact) mass is 219 g/mol. The second kappa shape index (κ2) is 4.23. The average Bonchev–Trinajstić information content (AvgIpc) is 2.72. The summed E-state index contributed by atoms with van der Waals surface area (Å²) in [6.45, 7) is 0. The highest BCUT2D eigenvalue weighted by Crippen LogP contribution is 2.27. The molecule has 0 aliphatic carbocycles. The van der Waals surface area contributed by atoms with E-state index >= 15 is 0 Å². The van der Waals surface area contributed by atoms with Crippen LogP contribution in [0.25, 0.3) is 0 Å². The van der Waals surface area contributed by atoms with E-state index in [0.29, 0.717) is 0 Å². The molecule has 0 spiro atoms. The average molecular weight is 219 g/mol. The molecule has 0 saturated heterocycles. The maximum atomic E-state index is 11.2. The quantitative estimate of drug-likeness (QED) is 0.862. The van der Waals surface area contributed by atoms with Crippen LogP contribution in [0.3, 0.4) is 0 Å². The summed E-state index contributed by atoms with van der Waals surface area (Å²) < 4.78 is 0. The van der Waals surface area contributed by atoms with E-state index in [0.717, 1.165) is 10.4 Å². The number of thiazole rings is 1. The molecule has 0 radical (unpaired) electrons. The summed E-state index contributed by atoms with van der Waals surface area (Å²) in [5, 5.41) is 9.18. The summed E-state index contributed by atoms with van der Waals surface area (Å²) in [5.41, 5.74) is 2.43. The zero-order chi connectivity index (χ0) is 10.7. The van der Waals surface area contributed by atoms with Crippen molar-refractivity contribution in [2.24, 2.45) is 0 Å². The topological polar surface area (TPSA) is 50.2 Å². The number of carboxylic acid groups (broad SMARTS) is 1. The van der Waals surface area contributed by atoms with Gasteiger partial charge in [0.25, 0.3) is 0 Å². The van der Waals surface area contributed by atoms with E-state index in [1.54, 1.807) is 11.7 Å². The Morgan fingerprint density at radius 1 is 1.33 bits per heavy atom. The highest BCUT2D eigenvalue weighted by atomic mass is 32.1. The van der Waals surface area contributed by atoms with E-state index in [1.807, 2.05) is 30.3 Å². The highest BCUT2D eigenvalue weighted by Gasteiger charge is 2.22. The van der Waals surface area contributed by atoms with Crippen molar-refractivity contribution in [3.05, 3.63) is 52.5 Å². The molecule has 1 aromatic heterocycles. The predicted octanol–water partition coefficient (Wildman–Crippen LogP) is 2.36. The van der Waals surface area contributed by atoms with Crippen molar-refractivity contribution in [2.75, 3.05) is 0 Å². The van der Waals surface area contributed by atoms with Crippen LogP contribution < -0.4 is 0 Å². The standard InChI is InChI=1S/C11H9NO2S/c13-11(14)10(9-6-12-7-15-9)8-4-2-1-3-5-8/h1-7,10H,(H,13,14). The Morgan fingerprint density at radius 3 is 2.60 bits per heavy atom. The first-order valence-corrected chi connectivity index (χ1v) is 5.33. The smallest absolute Gasteiger partial charge is 0.316 e. The minimum Gasteiger partial charge on any atom is -0.481 e. The molecule has 1 heterocycles. The molecule has 1 unspecified atom stereocenters. The molecule has 0 amide bonds. The van der Waals surface area contributed by atoms with Gasteiger partial charge in [-0.2, -0.15) is 0 Å². The van der Waals surface area contributed by atoms with Crippen LogP contribution in [-0.4, -0.2) is 16.1 Å². The van der Waals surface area contributed by atoms with Crippen molar-refractivity contribution in [1.29, 1.82) is 0 Å². The number of benzene rings is 1. The Bertz CT molecular complexity index is 439. The van der Waals surface area contributed by atoms with Gasteiger partial charge in [0, 0.05) is 11.1 Å². The summed E-state index contributed by atoms with van der Waals surface area (Å²) in [7, 11) is 0. The molecule has 1 N–H and O–H groups in total. The van der Waals surface area contributed by atoms with Gasteiger partial charge in [0.2, 0.25) is 0 Å².